The maximum Gasteiger partial charge on any atom is 0.267 e. The highest BCUT2D eigenvalue weighted by atomic mass is 35.5. The summed E-state index contributed by atoms with van der Waals surface area (Å²) in [7, 11) is 4.00. The largest absolute Gasteiger partial charge is 0.491 e. The molecule has 4 rings (SSSR count). The Morgan fingerprint density at radius 1 is 1.07 bits per heavy atom. The van der Waals surface area contributed by atoms with Gasteiger partial charge < -0.3 is 30.3 Å². The maximum atomic E-state index is 13.6. The first-order valence-electron chi connectivity index (χ1n) is 13.8. The minimum Gasteiger partial charge on any atom is -0.491 e. The second-order valence-electron chi connectivity index (χ2n) is 10.3. The van der Waals surface area contributed by atoms with Crippen LogP contribution in [0.15, 0.2) is 35.8 Å². The minimum absolute atomic E-state index is 0.0607. The fraction of sp³-hybridized carbons (Fsp3) is 0.414. The third-order valence-electron chi connectivity index (χ3n) is 6.94. The van der Waals surface area contributed by atoms with Crippen molar-refractivity contribution in [2.24, 2.45) is 0 Å². The van der Waals surface area contributed by atoms with Gasteiger partial charge in [0.25, 0.3) is 11.8 Å². The number of anilines is 2. The molecule has 0 bridgehead atoms. The van der Waals surface area contributed by atoms with Crippen molar-refractivity contribution in [2.45, 2.75) is 13.0 Å². The number of aliphatic hydroxyl groups is 1. The Bertz CT molecular complexity index is 1400. The van der Waals surface area contributed by atoms with Gasteiger partial charge in [-0.25, -0.2) is 4.98 Å². The Morgan fingerprint density at radius 2 is 1.84 bits per heavy atom. The van der Waals surface area contributed by atoms with Crippen LogP contribution < -0.4 is 15.4 Å². The Balaban J connectivity index is 1.57. The van der Waals surface area contributed by atoms with Crippen LogP contribution >= 0.6 is 46.1 Å². The van der Waals surface area contributed by atoms with E-state index in [4.69, 9.17) is 44.6 Å². The van der Waals surface area contributed by atoms with Gasteiger partial charge in [0, 0.05) is 63.1 Å². The number of carbonyl (C=O) groups is 2. The second-order valence-corrected chi connectivity index (χ2v) is 12.4. The van der Waals surface area contributed by atoms with E-state index in [2.05, 4.69) is 32.5 Å². The number of rotatable bonds is 13. The monoisotopic (exact) mass is 668 g/mol. The van der Waals surface area contributed by atoms with E-state index < -0.39 is 11.8 Å². The Labute approximate surface area is 270 Å². The number of carbonyl (C=O) groups excluding carboxylic acids is 2. The van der Waals surface area contributed by atoms with Crippen molar-refractivity contribution in [3.8, 4) is 5.75 Å². The highest BCUT2D eigenvalue weighted by Crippen LogP contribution is 2.36. The van der Waals surface area contributed by atoms with Crippen LogP contribution in [0.25, 0.3) is 0 Å². The van der Waals surface area contributed by atoms with E-state index in [1.165, 1.54) is 23.6 Å². The van der Waals surface area contributed by atoms with Crippen molar-refractivity contribution < 1.29 is 19.4 Å². The summed E-state index contributed by atoms with van der Waals surface area (Å²) < 4.78 is 6.04. The van der Waals surface area contributed by atoms with E-state index in [0.717, 1.165) is 31.7 Å². The first-order chi connectivity index (χ1) is 20.6. The molecule has 232 valence electrons. The Hall–Kier alpha value is -2.48. The van der Waals surface area contributed by atoms with Gasteiger partial charge in [0.05, 0.1) is 34.5 Å². The number of aromatic nitrogens is 1. The maximum absolute atomic E-state index is 13.6. The van der Waals surface area contributed by atoms with Gasteiger partial charge in [0.1, 0.15) is 16.4 Å². The van der Waals surface area contributed by atoms with E-state index in [1.807, 2.05) is 17.3 Å². The van der Waals surface area contributed by atoms with Crippen LogP contribution in [0, 0.1) is 0 Å². The highest BCUT2D eigenvalue weighted by molar-refractivity contribution is 7.13. The van der Waals surface area contributed by atoms with Crippen molar-refractivity contribution in [3.05, 3.63) is 66.9 Å². The molecule has 1 fully saturated rings. The number of benzene rings is 1. The lowest BCUT2D eigenvalue weighted by atomic mass is 10.1. The summed E-state index contributed by atoms with van der Waals surface area (Å²) in [5.74, 6) is -0.498. The van der Waals surface area contributed by atoms with Crippen LogP contribution in [0.1, 0.15) is 32.0 Å². The van der Waals surface area contributed by atoms with Crippen LogP contribution in [0.4, 0.5) is 11.5 Å². The molecular formula is C29H35Cl3N6O4S. The summed E-state index contributed by atoms with van der Waals surface area (Å²) in [6.07, 6.45) is 2.05. The standard InChI is InChI=1S/C29H35Cl3N6O4S/c1-36(11-12-39)6-3-13-42-23-15-21(31)14-22(28(40)34-24-5-4-20(30)16-33-24)26(23)35-29(41)27-25(32)19(18-43-27)17-38-9-7-37(2)8-10-38/h4-5,14-16,18,39H,3,6-13,17H2,1-2H3,(H,35,41)(H,33,34,40). The number of hydrogen-bond acceptors (Lipinski definition) is 9. The molecule has 3 N–H and O–H groups in total. The van der Waals surface area contributed by atoms with E-state index in [9.17, 15) is 9.59 Å². The quantitative estimate of drug-likeness (QED) is 0.217. The fourth-order valence-corrected chi connectivity index (χ4v) is 6.06. The minimum atomic E-state index is -0.548. The number of thiophene rings is 1. The molecule has 0 aliphatic carbocycles. The van der Waals surface area contributed by atoms with Crippen molar-refractivity contribution in [3.63, 3.8) is 0 Å². The smallest absolute Gasteiger partial charge is 0.267 e. The average molecular weight is 670 g/mol. The third-order valence-corrected chi connectivity index (χ3v) is 8.95. The van der Waals surface area contributed by atoms with Gasteiger partial charge in [-0.1, -0.05) is 34.8 Å². The van der Waals surface area contributed by atoms with Gasteiger partial charge in [0.2, 0.25) is 0 Å². The number of pyridine rings is 1. The summed E-state index contributed by atoms with van der Waals surface area (Å²) in [5.41, 5.74) is 1.14. The molecule has 1 saturated heterocycles. The molecule has 0 atom stereocenters. The molecule has 0 unspecified atom stereocenters. The number of likely N-dealkylation sites (N-methyl/N-ethyl adjacent to an activating group) is 2. The first kappa shape index (κ1) is 33.4. The van der Waals surface area contributed by atoms with Gasteiger partial charge in [-0.2, -0.15) is 0 Å². The van der Waals surface area contributed by atoms with Gasteiger partial charge in [-0.05, 0) is 49.7 Å². The van der Waals surface area contributed by atoms with E-state index in [-0.39, 0.29) is 41.1 Å². The van der Waals surface area contributed by atoms with Gasteiger partial charge in [0.15, 0.2) is 0 Å². The van der Waals surface area contributed by atoms with Crippen molar-refractivity contribution in [1.29, 1.82) is 0 Å². The fourth-order valence-electron chi connectivity index (χ4n) is 4.49. The molecule has 10 nitrogen and oxygen atoms in total. The number of nitrogens with zero attached hydrogens (tertiary/aromatic N) is 4. The van der Waals surface area contributed by atoms with E-state index in [1.54, 1.807) is 18.2 Å². The topological polar surface area (TPSA) is 110 Å². The van der Waals surface area contributed by atoms with Crippen LogP contribution in [0.5, 0.6) is 5.75 Å². The molecule has 1 aromatic carbocycles. The molecule has 2 aromatic heterocycles. The predicted molar refractivity (Wildman–Crippen MR) is 173 cm³/mol. The van der Waals surface area contributed by atoms with Gasteiger partial charge in [-0.15, -0.1) is 11.3 Å². The number of ether oxygens (including phenoxy) is 1. The lowest BCUT2D eigenvalue weighted by molar-refractivity contribution is 0.102. The van der Waals surface area contributed by atoms with Gasteiger partial charge in [-0.3, -0.25) is 14.5 Å². The molecule has 0 saturated carbocycles. The molecule has 0 spiro atoms. The predicted octanol–water partition coefficient (Wildman–Crippen LogP) is 5.05. The Kier molecular flexibility index (Phi) is 12.4. The van der Waals surface area contributed by atoms with E-state index in [0.29, 0.717) is 41.0 Å². The first-order valence-corrected chi connectivity index (χ1v) is 15.8. The number of piperazine rings is 1. The number of halogens is 3. The zero-order valence-electron chi connectivity index (χ0n) is 24.0. The summed E-state index contributed by atoms with van der Waals surface area (Å²) in [4.78, 5) is 38.1. The number of hydrogen-bond donors (Lipinski definition) is 3. The summed E-state index contributed by atoms with van der Waals surface area (Å²) in [6.45, 7) is 6.01. The normalized spacial score (nSPS) is 14.2. The molecule has 14 heteroatoms. The zero-order valence-corrected chi connectivity index (χ0v) is 27.1. The summed E-state index contributed by atoms with van der Waals surface area (Å²) >= 11 is 20.3. The van der Waals surface area contributed by atoms with Gasteiger partial charge >= 0.3 is 0 Å². The molecule has 3 aromatic rings. The molecule has 1 aliphatic rings. The molecular weight excluding hydrogens is 635 g/mol. The molecule has 0 radical (unpaired) electrons. The molecule has 2 amide bonds. The Morgan fingerprint density at radius 3 is 2.53 bits per heavy atom. The lowest BCUT2D eigenvalue weighted by Crippen LogP contribution is -2.43. The lowest BCUT2D eigenvalue weighted by Gasteiger charge is -2.32. The van der Waals surface area contributed by atoms with Crippen molar-refractivity contribution in [1.82, 2.24) is 19.7 Å². The highest BCUT2D eigenvalue weighted by Gasteiger charge is 2.25. The van der Waals surface area contributed by atoms with Crippen molar-refractivity contribution in [2.75, 3.05) is 77.2 Å². The summed E-state index contributed by atoms with van der Waals surface area (Å²) in [5, 5.41) is 17.7. The average Bonchev–Trinajstić information content (AvgIpc) is 3.34. The number of nitrogens with one attached hydrogen (secondary N) is 2. The molecule has 3 heterocycles. The van der Waals surface area contributed by atoms with Crippen molar-refractivity contribution >= 4 is 69.5 Å². The van der Waals surface area contributed by atoms with E-state index >= 15 is 0 Å². The molecule has 1 aliphatic heterocycles. The molecule has 43 heavy (non-hydrogen) atoms. The van der Waals surface area contributed by atoms with Crippen LogP contribution in [-0.4, -0.2) is 103 Å². The van der Waals surface area contributed by atoms with Crippen LogP contribution in [-0.2, 0) is 6.54 Å². The SMILES string of the molecule is CN(CCO)CCCOc1cc(Cl)cc(C(=O)Nc2ccc(Cl)cn2)c1NC(=O)c1scc(CN2CCN(C)CC2)c1Cl. The van der Waals surface area contributed by atoms with Crippen LogP contribution in [0.3, 0.4) is 0 Å². The summed E-state index contributed by atoms with van der Waals surface area (Å²) in [6, 6.07) is 6.18. The number of amides is 2. The number of aliphatic hydroxyl groups excluding tert-OH is 1. The second kappa shape index (κ2) is 16.0. The van der Waals surface area contributed by atoms with Crippen LogP contribution in [0.2, 0.25) is 15.1 Å². The third kappa shape index (κ3) is 9.50. The zero-order chi connectivity index (χ0) is 30.9.